The Labute approximate surface area is 162 Å². The van der Waals surface area contributed by atoms with Crippen molar-refractivity contribution in [3.63, 3.8) is 0 Å². The topological polar surface area (TPSA) is 64.1 Å². The maximum absolute atomic E-state index is 12.4. The summed E-state index contributed by atoms with van der Waals surface area (Å²) in [6.07, 6.45) is 1.65. The molecule has 5 nitrogen and oxygen atoms in total. The molecule has 5 heteroatoms. The Morgan fingerprint density at radius 3 is 2.18 bits per heavy atom. The second-order valence-corrected chi connectivity index (χ2v) is 6.03. The summed E-state index contributed by atoms with van der Waals surface area (Å²) >= 11 is 0. The molecule has 0 saturated carbocycles. The summed E-state index contributed by atoms with van der Waals surface area (Å²) in [5, 5.41) is 2.86. The number of hydrogen-bond acceptors (Lipinski definition) is 4. The van der Waals surface area contributed by atoms with E-state index in [0.717, 1.165) is 11.3 Å². The standard InChI is InChI=1S/C23H17N3O2/c27-23(25-19-7-3-1-4-8-19)18-13-11-17(12-14-18)22-24-16-15-21(26-22)28-20-9-5-2-6-10-20/h1-16H,(H,25,27). The van der Waals surface area contributed by atoms with Crippen molar-refractivity contribution in [2.75, 3.05) is 5.32 Å². The van der Waals surface area contributed by atoms with Gasteiger partial charge in [-0.3, -0.25) is 4.79 Å². The number of nitrogens with zero attached hydrogens (tertiary/aromatic N) is 2. The fourth-order valence-corrected chi connectivity index (χ4v) is 2.64. The predicted molar refractivity (Wildman–Crippen MR) is 108 cm³/mol. The van der Waals surface area contributed by atoms with Gasteiger partial charge in [-0.05, 0) is 36.4 Å². The van der Waals surface area contributed by atoms with Crippen LogP contribution in [-0.2, 0) is 0 Å². The van der Waals surface area contributed by atoms with E-state index in [0.29, 0.717) is 23.0 Å². The summed E-state index contributed by atoms with van der Waals surface area (Å²) in [5.74, 6) is 1.53. The lowest BCUT2D eigenvalue weighted by molar-refractivity contribution is 0.102. The van der Waals surface area contributed by atoms with Gasteiger partial charge in [0.05, 0.1) is 0 Å². The lowest BCUT2D eigenvalue weighted by Gasteiger charge is -2.07. The van der Waals surface area contributed by atoms with Crippen molar-refractivity contribution in [1.82, 2.24) is 9.97 Å². The van der Waals surface area contributed by atoms with E-state index in [1.165, 1.54) is 0 Å². The molecule has 0 saturated heterocycles. The molecule has 0 aliphatic carbocycles. The van der Waals surface area contributed by atoms with Crippen LogP contribution in [0.15, 0.2) is 97.2 Å². The fraction of sp³-hybridized carbons (Fsp3) is 0. The monoisotopic (exact) mass is 367 g/mol. The minimum Gasteiger partial charge on any atom is -0.439 e. The van der Waals surface area contributed by atoms with Crippen LogP contribution in [0.5, 0.6) is 11.6 Å². The molecule has 1 heterocycles. The van der Waals surface area contributed by atoms with E-state index in [2.05, 4.69) is 15.3 Å². The van der Waals surface area contributed by atoms with Crippen LogP contribution in [0.1, 0.15) is 10.4 Å². The van der Waals surface area contributed by atoms with Crippen LogP contribution in [-0.4, -0.2) is 15.9 Å². The highest BCUT2D eigenvalue weighted by Gasteiger charge is 2.08. The number of para-hydroxylation sites is 2. The Hall–Kier alpha value is -3.99. The van der Waals surface area contributed by atoms with Crippen LogP contribution in [0, 0.1) is 0 Å². The molecule has 1 N–H and O–H groups in total. The van der Waals surface area contributed by atoms with Gasteiger partial charge in [0.1, 0.15) is 5.75 Å². The molecule has 1 amide bonds. The number of anilines is 1. The van der Waals surface area contributed by atoms with E-state index in [9.17, 15) is 4.79 Å². The normalized spacial score (nSPS) is 10.3. The van der Waals surface area contributed by atoms with Crippen molar-refractivity contribution >= 4 is 11.6 Å². The van der Waals surface area contributed by atoms with Crippen molar-refractivity contribution < 1.29 is 9.53 Å². The van der Waals surface area contributed by atoms with E-state index in [1.807, 2.05) is 72.8 Å². The number of carbonyl (C=O) groups is 1. The molecule has 0 aliphatic rings. The van der Waals surface area contributed by atoms with E-state index < -0.39 is 0 Å². The molecule has 0 bridgehead atoms. The van der Waals surface area contributed by atoms with Gasteiger partial charge in [0.2, 0.25) is 5.88 Å². The van der Waals surface area contributed by atoms with Gasteiger partial charge in [0.15, 0.2) is 5.82 Å². The average molecular weight is 367 g/mol. The van der Waals surface area contributed by atoms with Gasteiger partial charge >= 0.3 is 0 Å². The van der Waals surface area contributed by atoms with Gasteiger partial charge in [0, 0.05) is 29.1 Å². The average Bonchev–Trinajstić information content (AvgIpc) is 2.75. The van der Waals surface area contributed by atoms with Crippen molar-refractivity contribution in [1.29, 1.82) is 0 Å². The van der Waals surface area contributed by atoms with Gasteiger partial charge in [-0.2, -0.15) is 4.98 Å². The zero-order valence-electron chi connectivity index (χ0n) is 14.9. The zero-order valence-corrected chi connectivity index (χ0v) is 14.9. The Morgan fingerprint density at radius 2 is 1.46 bits per heavy atom. The summed E-state index contributed by atoms with van der Waals surface area (Å²) in [4.78, 5) is 21.1. The smallest absolute Gasteiger partial charge is 0.255 e. The molecular formula is C23H17N3O2. The highest BCUT2D eigenvalue weighted by atomic mass is 16.5. The molecule has 0 atom stereocenters. The first-order valence-electron chi connectivity index (χ1n) is 8.81. The predicted octanol–water partition coefficient (Wildman–Crippen LogP) is 5.19. The minimum atomic E-state index is -0.167. The second kappa shape index (κ2) is 8.14. The SMILES string of the molecule is O=C(Nc1ccccc1)c1ccc(-c2nccc(Oc3ccccc3)n2)cc1. The van der Waals surface area contributed by atoms with Gasteiger partial charge in [-0.15, -0.1) is 0 Å². The molecule has 0 radical (unpaired) electrons. The third-order valence-electron chi connectivity index (χ3n) is 4.03. The van der Waals surface area contributed by atoms with Crippen LogP contribution in [0.4, 0.5) is 5.69 Å². The summed E-state index contributed by atoms with van der Waals surface area (Å²) in [7, 11) is 0. The first-order chi connectivity index (χ1) is 13.8. The molecule has 0 fully saturated rings. The number of hydrogen-bond donors (Lipinski definition) is 1. The third-order valence-corrected chi connectivity index (χ3v) is 4.03. The van der Waals surface area contributed by atoms with Crippen molar-refractivity contribution in [3.8, 4) is 23.0 Å². The summed E-state index contributed by atoms with van der Waals surface area (Å²) < 4.78 is 5.75. The van der Waals surface area contributed by atoms with Crippen LogP contribution < -0.4 is 10.1 Å². The van der Waals surface area contributed by atoms with Gasteiger partial charge in [-0.1, -0.05) is 48.5 Å². The first-order valence-corrected chi connectivity index (χ1v) is 8.81. The molecule has 136 valence electrons. The van der Waals surface area contributed by atoms with Crippen molar-refractivity contribution in [2.24, 2.45) is 0 Å². The number of carbonyl (C=O) groups excluding carboxylic acids is 1. The molecule has 28 heavy (non-hydrogen) atoms. The number of nitrogens with one attached hydrogen (secondary N) is 1. The highest BCUT2D eigenvalue weighted by Crippen LogP contribution is 2.22. The van der Waals surface area contributed by atoms with Gasteiger partial charge in [-0.25, -0.2) is 4.98 Å². The largest absolute Gasteiger partial charge is 0.439 e. The number of amides is 1. The Balaban J connectivity index is 1.49. The summed E-state index contributed by atoms with van der Waals surface area (Å²) in [6, 6.07) is 27.6. The van der Waals surface area contributed by atoms with E-state index in [1.54, 1.807) is 24.4 Å². The minimum absolute atomic E-state index is 0.167. The number of ether oxygens (including phenoxy) is 1. The quantitative estimate of drug-likeness (QED) is 0.527. The van der Waals surface area contributed by atoms with E-state index in [-0.39, 0.29) is 5.91 Å². The molecule has 0 unspecified atom stereocenters. The van der Waals surface area contributed by atoms with Crippen LogP contribution in [0.25, 0.3) is 11.4 Å². The fourth-order valence-electron chi connectivity index (χ4n) is 2.64. The van der Waals surface area contributed by atoms with E-state index in [4.69, 9.17) is 4.74 Å². The Bertz CT molecular complexity index is 1070. The maximum atomic E-state index is 12.4. The van der Waals surface area contributed by atoms with Crippen LogP contribution in [0.3, 0.4) is 0 Å². The second-order valence-electron chi connectivity index (χ2n) is 6.03. The van der Waals surface area contributed by atoms with Gasteiger partial charge < -0.3 is 10.1 Å². The molecule has 1 aromatic heterocycles. The maximum Gasteiger partial charge on any atom is 0.255 e. The van der Waals surface area contributed by atoms with Crippen molar-refractivity contribution in [3.05, 3.63) is 103 Å². The number of rotatable bonds is 5. The molecular weight excluding hydrogens is 350 g/mol. The first kappa shape index (κ1) is 17.4. The van der Waals surface area contributed by atoms with E-state index >= 15 is 0 Å². The highest BCUT2D eigenvalue weighted by molar-refractivity contribution is 6.04. The van der Waals surface area contributed by atoms with Gasteiger partial charge in [0.25, 0.3) is 5.91 Å². The van der Waals surface area contributed by atoms with Crippen LogP contribution in [0.2, 0.25) is 0 Å². The molecule has 0 spiro atoms. The number of benzene rings is 3. The summed E-state index contributed by atoms with van der Waals surface area (Å²) in [5.41, 5.74) is 2.12. The molecule has 4 aromatic rings. The zero-order chi connectivity index (χ0) is 19.2. The Morgan fingerprint density at radius 1 is 0.786 bits per heavy atom. The molecule has 0 aliphatic heterocycles. The molecule has 4 rings (SSSR count). The lowest BCUT2D eigenvalue weighted by atomic mass is 10.1. The third kappa shape index (κ3) is 4.22. The Kier molecular flexibility index (Phi) is 5.06. The lowest BCUT2D eigenvalue weighted by Crippen LogP contribution is -2.11. The number of aromatic nitrogens is 2. The molecule has 3 aromatic carbocycles. The van der Waals surface area contributed by atoms with Crippen molar-refractivity contribution in [2.45, 2.75) is 0 Å². The van der Waals surface area contributed by atoms with Crippen LogP contribution >= 0.6 is 0 Å². The summed E-state index contributed by atoms with van der Waals surface area (Å²) in [6.45, 7) is 0.